The Morgan fingerprint density at radius 1 is 0.850 bits per heavy atom. The Hall–Kier alpha value is -0.810. The summed E-state index contributed by atoms with van der Waals surface area (Å²) in [5.41, 5.74) is 0. The predicted octanol–water partition coefficient (Wildman–Crippen LogP) is 2.70. The molecule has 0 aliphatic carbocycles. The van der Waals surface area contributed by atoms with Crippen molar-refractivity contribution in [1.29, 1.82) is 0 Å². The zero-order valence-electron chi connectivity index (χ0n) is 13.2. The number of carbonyl (C=O) groups is 1. The number of hydrogen-bond acceptors (Lipinski definition) is 4. The Bertz CT molecular complexity index is 213. The molecule has 120 valence electrons. The van der Waals surface area contributed by atoms with Crippen LogP contribution < -0.4 is 10.6 Å². The first-order valence-corrected chi connectivity index (χ1v) is 8.00. The summed E-state index contributed by atoms with van der Waals surface area (Å²) in [6.07, 6.45) is 5.99. The summed E-state index contributed by atoms with van der Waals surface area (Å²) in [5.74, 6) is 0. The first-order valence-electron chi connectivity index (χ1n) is 8.00. The fraction of sp³-hybridized carbons (Fsp3) is 0.933. The second-order valence-electron chi connectivity index (χ2n) is 4.84. The lowest BCUT2D eigenvalue weighted by Crippen LogP contribution is -2.25. The number of carbonyl (C=O) groups excluding carboxylic acids is 1. The second kappa shape index (κ2) is 16.2. The van der Waals surface area contributed by atoms with Gasteiger partial charge in [0.25, 0.3) is 0 Å². The van der Waals surface area contributed by atoms with Crippen LogP contribution in [0.25, 0.3) is 0 Å². The van der Waals surface area contributed by atoms with E-state index < -0.39 is 0 Å². The Morgan fingerprint density at radius 3 is 2.25 bits per heavy atom. The molecule has 20 heavy (non-hydrogen) atoms. The molecule has 0 aliphatic rings. The number of ether oxygens (including phenoxy) is 2. The quantitative estimate of drug-likeness (QED) is 0.483. The summed E-state index contributed by atoms with van der Waals surface area (Å²) in [6, 6.07) is 0. The van der Waals surface area contributed by atoms with Crippen LogP contribution in [-0.4, -0.2) is 45.5 Å². The van der Waals surface area contributed by atoms with Crippen molar-refractivity contribution >= 4 is 6.09 Å². The maximum absolute atomic E-state index is 11.2. The first-order chi connectivity index (χ1) is 9.81. The smallest absolute Gasteiger partial charge is 0.407 e. The van der Waals surface area contributed by atoms with E-state index in [4.69, 9.17) is 9.47 Å². The molecule has 5 nitrogen and oxygen atoms in total. The van der Waals surface area contributed by atoms with Gasteiger partial charge in [0.15, 0.2) is 0 Å². The lowest BCUT2D eigenvalue weighted by molar-refractivity contribution is 0.0994. The van der Waals surface area contributed by atoms with Crippen molar-refractivity contribution in [2.75, 3.05) is 39.5 Å². The van der Waals surface area contributed by atoms with E-state index in [2.05, 4.69) is 24.5 Å². The maximum Gasteiger partial charge on any atom is 0.407 e. The predicted molar refractivity (Wildman–Crippen MR) is 82.1 cm³/mol. The third kappa shape index (κ3) is 15.2. The van der Waals surface area contributed by atoms with Crippen molar-refractivity contribution in [3.8, 4) is 0 Å². The molecule has 2 N–H and O–H groups in total. The molecule has 0 heterocycles. The van der Waals surface area contributed by atoms with Crippen LogP contribution in [0.1, 0.15) is 52.4 Å². The second-order valence-corrected chi connectivity index (χ2v) is 4.84. The van der Waals surface area contributed by atoms with Crippen LogP contribution in [0, 0.1) is 0 Å². The van der Waals surface area contributed by atoms with E-state index in [1.165, 1.54) is 12.8 Å². The molecule has 0 aromatic rings. The number of nitrogens with one attached hydrogen (secondary N) is 2. The minimum atomic E-state index is -0.321. The lowest BCUT2D eigenvalue weighted by Gasteiger charge is -2.07. The van der Waals surface area contributed by atoms with Gasteiger partial charge in [-0.3, -0.25) is 0 Å². The van der Waals surface area contributed by atoms with Gasteiger partial charge in [-0.25, -0.2) is 4.79 Å². The van der Waals surface area contributed by atoms with E-state index in [1.807, 2.05) is 0 Å². The molecular weight excluding hydrogens is 256 g/mol. The molecule has 0 atom stereocenters. The molecule has 0 rings (SSSR count). The zero-order chi connectivity index (χ0) is 14.9. The molecule has 1 amide bonds. The average molecular weight is 288 g/mol. The van der Waals surface area contributed by atoms with Crippen molar-refractivity contribution in [2.45, 2.75) is 52.4 Å². The highest BCUT2D eigenvalue weighted by Gasteiger charge is 1.99. The maximum atomic E-state index is 11.2. The van der Waals surface area contributed by atoms with E-state index in [0.717, 1.165) is 45.4 Å². The Labute approximate surface area is 123 Å². The van der Waals surface area contributed by atoms with Crippen LogP contribution >= 0.6 is 0 Å². The molecule has 0 aliphatic heterocycles. The van der Waals surface area contributed by atoms with Gasteiger partial charge in [0, 0.05) is 26.2 Å². The van der Waals surface area contributed by atoms with Gasteiger partial charge in [0.05, 0.1) is 6.61 Å². The molecule has 0 radical (unpaired) electrons. The summed E-state index contributed by atoms with van der Waals surface area (Å²) in [6.45, 7) is 8.91. The van der Waals surface area contributed by atoms with E-state index >= 15 is 0 Å². The van der Waals surface area contributed by atoms with Crippen molar-refractivity contribution in [3.05, 3.63) is 0 Å². The van der Waals surface area contributed by atoms with Crippen LogP contribution in [0.2, 0.25) is 0 Å². The summed E-state index contributed by atoms with van der Waals surface area (Å²) in [7, 11) is 0. The SMILES string of the molecule is CCCCNCCCOCCCOC(=O)NCCCC. The van der Waals surface area contributed by atoms with Crippen molar-refractivity contribution < 1.29 is 14.3 Å². The van der Waals surface area contributed by atoms with Gasteiger partial charge in [0.1, 0.15) is 0 Å². The summed E-state index contributed by atoms with van der Waals surface area (Å²) in [4.78, 5) is 11.2. The number of amides is 1. The molecule has 0 spiro atoms. The molecule has 0 unspecified atom stereocenters. The summed E-state index contributed by atoms with van der Waals surface area (Å²) >= 11 is 0. The number of alkyl carbamates (subject to hydrolysis) is 1. The van der Waals surface area contributed by atoms with E-state index in [9.17, 15) is 4.79 Å². The van der Waals surface area contributed by atoms with Gasteiger partial charge in [-0.15, -0.1) is 0 Å². The Balaban J connectivity index is 3.07. The van der Waals surface area contributed by atoms with Gasteiger partial charge in [0.2, 0.25) is 0 Å². The van der Waals surface area contributed by atoms with Crippen molar-refractivity contribution in [1.82, 2.24) is 10.6 Å². The minimum Gasteiger partial charge on any atom is -0.449 e. The highest BCUT2D eigenvalue weighted by molar-refractivity contribution is 5.66. The molecular formula is C15H32N2O3. The van der Waals surface area contributed by atoms with Crippen LogP contribution in [0.5, 0.6) is 0 Å². The number of unbranched alkanes of at least 4 members (excludes halogenated alkanes) is 2. The fourth-order valence-electron chi connectivity index (χ4n) is 1.57. The normalized spacial score (nSPS) is 10.5. The minimum absolute atomic E-state index is 0.321. The van der Waals surface area contributed by atoms with Gasteiger partial charge in [-0.05, 0) is 32.4 Å². The highest BCUT2D eigenvalue weighted by atomic mass is 16.5. The number of hydrogen-bond donors (Lipinski definition) is 2. The average Bonchev–Trinajstić information content (AvgIpc) is 2.45. The molecule has 0 aromatic carbocycles. The molecule has 0 aromatic heterocycles. The molecule has 0 saturated heterocycles. The summed E-state index contributed by atoms with van der Waals surface area (Å²) < 4.78 is 10.5. The van der Waals surface area contributed by atoms with Gasteiger partial charge in [-0.2, -0.15) is 0 Å². The van der Waals surface area contributed by atoms with Crippen LogP contribution in [0.3, 0.4) is 0 Å². The summed E-state index contributed by atoms with van der Waals surface area (Å²) in [5, 5.41) is 6.08. The Kier molecular flexibility index (Phi) is 15.6. The van der Waals surface area contributed by atoms with Crippen LogP contribution in [0.4, 0.5) is 4.79 Å². The third-order valence-corrected chi connectivity index (χ3v) is 2.82. The largest absolute Gasteiger partial charge is 0.449 e. The molecule has 0 fully saturated rings. The Morgan fingerprint density at radius 2 is 1.50 bits per heavy atom. The van der Waals surface area contributed by atoms with Crippen LogP contribution in [0.15, 0.2) is 0 Å². The highest BCUT2D eigenvalue weighted by Crippen LogP contribution is 1.90. The van der Waals surface area contributed by atoms with Crippen LogP contribution in [-0.2, 0) is 9.47 Å². The molecule has 0 saturated carbocycles. The zero-order valence-corrected chi connectivity index (χ0v) is 13.2. The van der Waals surface area contributed by atoms with Crippen molar-refractivity contribution in [3.63, 3.8) is 0 Å². The van der Waals surface area contributed by atoms with Gasteiger partial charge in [-0.1, -0.05) is 26.7 Å². The standard InChI is InChI=1S/C15H32N2O3/c1-3-5-9-16-10-7-12-19-13-8-14-20-15(18)17-11-6-4-2/h16H,3-14H2,1-2H3,(H,17,18). The van der Waals surface area contributed by atoms with E-state index in [1.54, 1.807) is 0 Å². The monoisotopic (exact) mass is 288 g/mol. The molecule has 5 heteroatoms. The van der Waals surface area contributed by atoms with E-state index in [-0.39, 0.29) is 6.09 Å². The van der Waals surface area contributed by atoms with Gasteiger partial charge >= 0.3 is 6.09 Å². The third-order valence-electron chi connectivity index (χ3n) is 2.82. The number of rotatable bonds is 14. The van der Waals surface area contributed by atoms with E-state index in [0.29, 0.717) is 19.8 Å². The molecule has 0 bridgehead atoms. The first kappa shape index (κ1) is 19.2. The topological polar surface area (TPSA) is 59.6 Å². The fourth-order valence-corrected chi connectivity index (χ4v) is 1.57. The van der Waals surface area contributed by atoms with Crippen molar-refractivity contribution in [2.24, 2.45) is 0 Å². The van der Waals surface area contributed by atoms with Gasteiger partial charge < -0.3 is 20.1 Å². The lowest BCUT2D eigenvalue weighted by atomic mass is 10.3.